The maximum Gasteiger partial charge on any atom is 0.242 e. The van der Waals surface area contributed by atoms with Crippen molar-refractivity contribution in [3.63, 3.8) is 0 Å². The van der Waals surface area contributed by atoms with Crippen molar-refractivity contribution in [1.29, 1.82) is 0 Å². The highest BCUT2D eigenvalue weighted by Gasteiger charge is 2.27. The second kappa shape index (κ2) is 9.77. The molecule has 33 heavy (non-hydrogen) atoms. The van der Waals surface area contributed by atoms with Crippen LogP contribution in [-0.2, 0) is 11.8 Å². The van der Waals surface area contributed by atoms with Crippen LogP contribution in [0.25, 0.3) is 11.0 Å². The molecule has 0 atom stereocenters. The summed E-state index contributed by atoms with van der Waals surface area (Å²) >= 11 is 0. The van der Waals surface area contributed by atoms with Gasteiger partial charge in [0.25, 0.3) is 0 Å². The summed E-state index contributed by atoms with van der Waals surface area (Å²) in [5, 5.41) is 5.27. The molecule has 4 rings (SSSR count). The molecule has 1 saturated heterocycles. The second-order valence-corrected chi connectivity index (χ2v) is 8.94. The third-order valence-electron chi connectivity index (χ3n) is 6.95. The third kappa shape index (κ3) is 4.65. The normalized spacial score (nSPS) is 14.4. The Morgan fingerprint density at radius 3 is 2.45 bits per heavy atom. The van der Waals surface area contributed by atoms with Crippen LogP contribution in [0.3, 0.4) is 0 Å². The highest BCUT2D eigenvalue weighted by molar-refractivity contribution is 5.87. The van der Waals surface area contributed by atoms with Crippen LogP contribution in [0.1, 0.15) is 37.8 Å². The summed E-state index contributed by atoms with van der Waals surface area (Å²) in [7, 11) is 1.89. The lowest BCUT2D eigenvalue weighted by atomic mass is 10.1. The van der Waals surface area contributed by atoms with E-state index < -0.39 is 0 Å². The first-order valence-corrected chi connectivity index (χ1v) is 11.9. The zero-order chi connectivity index (χ0) is 23.5. The molecule has 1 aliphatic heterocycles. The van der Waals surface area contributed by atoms with Crippen LogP contribution in [-0.4, -0.2) is 69.3 Å². The van der Waals surface area contributed by atoms with Crippen molar-refractivity contribution in [2.24, 2.45) is 7.05 Å². The van der Waals surface area contributed by atoms with Crippen LogP contribution in [0, 0.1) is 13.8 Å². The van der Waals surface area contributed by atoms with Crippen LogP contribution in [0.15, 0.2) is 30.7 Å². The number of nitrogens with zero attached hydrogens (tertiary/aromatic N) is 7. The molecule has 0 saturated carbocycles. The van der Waals surface area contributed by atoms with E-state index in [4.69, 9.17) is 0 Å². The molecule has 1 aromatic carbocycles. The van der Waals surface area contributed by atoms with Crippen molar-refractivity contribution in [3.8, 4) is 0 Å². The number of amides is 1. The van der Waals surface area contributed by atoms with E-state index in [1.54, 1.807) is 11.0 Å². The average Bonchev–Trinajstić information content (AvgIpc) is 3.22. The fourth-order valence-electron chi connectivity index (χ4n) is 4.68. The number of carbonyl (C=O) groups is 1. The van der Waals surface area contributed by atoms with E-state index in [-0.39, 0.29) is 5.91 Å². The first kappa shape index (κ1) is 23.0. The van der Waals surface area contributed by atoms with Crippen molar-refractivity contribution in [2.75, 3.05) is 42.5 Å². The maximum absolute atomic E-state index is 13.4. The number of rotatable bonds is 7. The number of hydrogen-bond acceptors (Lipinski definition) is 6. The van der Waals surface area contributed by atoms with Crippen LogP contribution < -0.4 is 9.80 Å². The quantitative estimate of drug-likeness (QED) is 0.551. The van der Waals surface area contributed by atoms with Gasteiger partial charge in [0.2, 0.25) is 5.91 Å². The summed E-state index contributed by atoms with van der Waals surface area (Å²) in [5.41, 5.74) is 4.50. The monoisotopic (exact) mass is 449 g/mol. The minimum atomic E-state index is 0.189. The molecular weight excluding hydrogens is 414 g/mol. The Kier molecular flexibility index (Phi) is 6.81. The summed E-state index contributed by atoms with van der Waals surface area (Å²) < 4.78 is 1.76. The first-order valence-electron chi connectivity index (χ1n) is 11.9. The summed E-state index contributed by atoms with van der Waals surface area (Å²) in [6.07, 6.45) is 5.44. The minimum Gasteiger partial charge on any atom is -0.359 e. The number of carbonyl (C=O) groups excluding carboxylic acids is 1. The van der Waals surface area contributed by atoms with Crippen molar-refractivity contribution in [1.82, 2.24) is 24.6 Å². The summed E-state index contributed by atoms with van der Waals surface area (Å²) in [5.74, 6) is 1.09. The van der Waals surface area contributed by atoms with Crippen LogP contribution >= 0.6 is 0 Å². The van der Waals surface area contributed by atoms with E-state index in [9.17, 15) is 4.79 Å². The largest absolute Gasteiger partial charge is 0.359 e. The molecule has 3 aromatic rings. The van der Waals surface area contributed by atoms with Gasteiger partial charge in [0.1, 0.15) is 12.1 Å². The van der Waals surface area contributed by atoms with E-state index in [0.29, 0.717) is 25.7 Å². The molecule has 1 fully saturated rings. The Morgan fingerprint density at radius 1 is 1.06 bits per heavy atom. The van der Waals surface area contributed by atoms with Crippen molar-refractivity contribution in [3.05, 3.63) is 41.9 Å². The van der Waals surface area contributed by atoms with E-state index in [2.05, 4.69) is 70.8 Å². The number of fused-ring (bicyclic) bond motifs is 1. The third-order valence-corrected chi connectivity index (χ3v) is 6.95. The molecule has 0 N–H and O–H groups in total. The van der Waals surface area contributed by atoms with Crippen molar-refractivity contribution in [2.45, 2.75) is 46.6 Å². The fourth-order valence-corrected chi connectivity index (χ4v) is 4.68. The minimum absolute atomic E-state index is 0.189. The molecule has 1 amide bonds. The van der Waals surface area contributed by atoms with E-state index >= 15 is 0 Å². The number of anilines is 2. The predicted octanol–water partition coefficient (Wildman–Crippen LogP) is 3.32. The predicted molar refractivity (Wildman–Crippen MR) is 133 cm³/mol. The van der Waals surface area contributed by atoms with Gasteiger partial charge >= 0.3 is 0 Å². The molecule has 1 aliphatic rings. The van der Waals surface area contributed by atoms with Gasteiger partial charge in [0.15, 0.2) is 5.65 Å². The second-order valence-electron chi connectivity index (χ2n) is 8.94. The Balaban J connectivity index is 1.46. The van der Waals surface area contributed by atoms with E-state index in [1.165, 1.54) is 11.1 Å². The van der Waals surface area contributed by atoms with E-state index in [0.717, 1.165) is 48.5 Å². The molecule has 0 spiro atoms. The SMILES string of the molecule is CCC(CC)N(CC(=O)N1CCN(c2ncnc3c2cnn3C)CC1)c1ccc(C)c(C)c1. The first-order chi connectivity index (χ1) is 15.9. The molecule has 3 heterocycles. The van der Waals surface area contributed by atoms with Gasteiger partial charge in [-0.2, -0.15) is 5.10 Å². The Morgan fingerprint density at radius 2 is 1.79 bits per heavy atom. The number of aromatic nitrogens is 4. The van der Waals surface area contributed by atoms with Crippen LogP contribution in [0.4, 0.5) is 11.5 Å². The molecule has 0 bridgehead atoms. The van der Waals surface area contributed by atoms with Gasteiger partial charge in [0, 0.05) is 45.0 Å². The van der Waals surface area contributed by atoms with Gasteiger partial charge in [-0.05, 0) is 49.9 Å². The summed E-state index contributed by atoms with van der Waals surface area (Å²) in [4.78, 5) is 28.7. The van der Waals surface area contributed by atoms with Crippen molar-refractivity contribution < 1.29 is 4.79 Å². The number of benzene rings is 1. The summed E-state index contributed by atoms with van der Waals surface area (Å²) in [6.45, 7) is 12.0. The lowest BCUT2D eigenvalue weighted by molar-refractivity contribution is -0.130. The maximum atomic E-state index is 13.4. The van der Waals surface area contributed by atoms with Gasteiger partial charge in [-0.15, -0.1) is 0 Å². The highest BCUT2D eigenvalue weighted by atomic mass is 16.2. The van der Waals surface area contributed by atoms with E-state index in [1.807, 2.05) is 18.1 Å². The van der Waals surface area contributed by atoms with Gasteiger partial charge in [-0.3, -0.25) is 9.48 Å². The molecule has 0 unspecified atom stereocenters. The van der Waals surface area contributed by atoms with Crippen LogP contribution in [0.5, 0.6) is 0 Å². The molecular formula is C25H35N7O. The fraction of sp³-hybridized carbons (Fsp3) is 0.520. The topological polar surface area (TPSA) is 70.4 Å². The lowest BCUT2D eigenvalue weighted by Gasteiger charge is -2.38. The Bertz CT molecular complexity index is 1110. The smallest absolute Gasteiger partial charge is 0.242 e. The molecule has 0 radical (unpaired) electrons. The van der Waals surface area contributed by atoms with Gasteiger partial charge in [0.05, 0.1) is 18.1 Å². The number of hydrogen-bond donors (Lipinski definition) is 0. The van der Waals surface area contributed by atoms with Gasteiger partial charge < -0.3 is 14.7 Å². The Labute approximate surface area is 196 Å². The molecule has 8 nitrogen and oxygen atoms in total. The standard InChI is InChI=1S/C25H35N7O/c1-6-20(7-2)32(21-9-8-18(3)19(4)14-21)16-23(33)30-10-12-31(13-11-30)25-22-15-28-29(5)24(22)26-17-27-25/h8-9,14-15,17,20H,6-7,10-13,16H2,1-5H3. The molecule has 2 aromatic heterocycles. The van der Waals surface area contributed by atoms with Gasteiger partial charge in [-0.25, -0.2) is 9.97 Å². The average molecular weight is 450 g/mol. The Hall–Kier alpha value is -3.16. The summed E-state index contributed by atoms with van der Waals surface area (Å²) in [6, 6.07) is 6.87. The molecule has 176 valence electrons. The number of piperazine rings is 1. The van der Waals surface area contributed by atoms with Crippen LogP contribution in [0.2, 0.25) is 0 Å². The molecule has 0 aliphatic carbocycles. The number of aryl methyl sites for hydroxylation is 3. The highest BCUT2D eigenvalue weighted by Crippen LogP contribution is 2.25. The zero-order valence-corrected chi connectivity index (χ0v) is 20.5. The molecule has 8 heteroatoms. The lowest BCUT2D eigenvalue weighted by Crippen LogP contribution is -2.52. The van der Waals surface area contributed by atoms with Gasteiger partial charge in [-0.1, -0.05) is 19.9 Å². The zero-order valence-electron chi connectivity index (χ0n) is 20.5. The van der Waals surface area contributed by atoms with Crippen molar-refractivity contribution >= 4 is 28.4 Å².